The van der Waals surface area contributed by atoms with Gasteiger partial charge < -0.3 is 25.2 Å². The molecule has 0 radical (unpaired) electrons. The Morgan fingerprint density at radius 3 is 2.43 bits per heavy atom. The molecule has 2 aromatic carbocycles. The number of rotatable bonds is 8. The average Bonchev–Trinajstić information content (AvgIpc) is 3.39. The number of urea groups is 1. The Bertz CT molecular complexity index is 1380. The summed E-state index contributed by atoms with van der Waals surface area (Å²) in [7, 11) is 1.82. The highest BCUT2D eigenvalue weighted by Crippen LogP contribution is 2.55. The molecule has 4 aliphatic carbocycles. The molecule has 222 valence electrons. The Kier molecular flexibility index (Phi) is 7.68. The number of thioether (sulfide) groups is 1. The molecule has 0 spiro atoms. The number of hydrogen-bond donors (Lipinski definition) is 3. The van der Waals surface area contributed by atoms with Crippen LogP contribution < -0.4 is 10.6 Å². The minimum Gasteiger partial charge on any atom is -0.392 e. The third-order valence-electron chi connectivity index (χ3n) is 9.43. The van der Waals surface area contributed by atoms with Gasteiger partial charge in [0.25, 0.3) is 0 Å². The van der Waals surface area contributed by atoms with Gasteiger partial charge in [0.1, 0.15) is 0 Å². The summed E-state index contributed by atoms with van der Waals surface area (Å²) in [5, 5.41) is 28.5. The first-order chi connectivity index (χ1) is 20.4. The van der Waals surface area contributed by atoms with Crippen molar-refractivity contribution >= 4 is 23.5 Å². The van der Waals surface area contributed by atoms with Crippen molar-refractivity contribution in [2.24, 2.45) is 24.8 Å². The molecule has 42 heavy (non-hydrogen) atoms. The van der Waals surface area contributed by atoms with Gasteiger partial charge in [0.2, 0.25) is 5.16 Å². The van der Waals surface area contributed by atoms with E-state index in [2.05, 4.69) is 26.2 Å². The first-order valence-electron chi connectivity index (χ1n) is 15.0. The molecule has 5 aliphatic rings. The number of amides is 2. The summed E-state index contributed by atoms with van der Waals surface area (Å²) in [5.41, 5.74) is 3.39. The summed E-state index contributed by atoms with van der Waals surface area (Å²) >= 11 is 1.55. The van der Waals surface area contributed by atoms with E-state index in [0.29, 0.717) is 17.9 Å². The van der Waals surface area contributed by atoms with Gasteiger partial charge >= 0.3 is 6.03 Å². The molecule has 10 nitrogen and oxygen atoms in total. The second-order valence-corrected chi connectivity index (χ2v) is 13.6. The van der Waals surface area contributed by atoms with E-state index < -0.39 is 6.29 Å². The van der Waals surface area contributed by atoms with E-state index in [1.54, 1.807) is 16.4 Å². The predicted molar refractivity (Wildman–Crippen MR) is 157 cm³/mol. The van der Waals surface area contributed by atoms with Gasteiger partial charge in [-0.2, -0.15) is 0 Å². The maximum Gasteiger partial charge on any atom is 0.319 e. The van der Waals surface area contributed by atoms with Crippen LogP contribution in [0.1, 0.15) is 74.0 Å². The van der Waals surface area contributed by atoms with Crippen molar-refractivity contribution in [3.8, 4) is 0 Å². The number of carbonyl (C=O) groups excluding carboxylic acids is 1. The van der Waals surface area contributed by atoms with Crippen molar-refractivity contribution in [2.75, 3.05) is 11.1 Å². The van der Waals surface area contributed by atoms with Crippen molar-refractivity contribution < 1.29 is 19.4 Å². The summed E-state index contributed by atoms with van der Waals surface area (Å²) in [4.78, 5) is 13.2. The number of benzene rings is 2. The molecule has 3 atom stereocenters. The lowest BCUT2D eigenvalue weighted by Crippen LogP contribution is -2.60. The number of hydrogen-bond acceptors (Lipinski definition) is 8. The zero-order chi connectivity index (χ0) is 28.7. The molecule has 3 aromatic rings. The minimum absolute atomic E-state index is 0.00122. The second kappa shape index (κ2) is 11.6. The standard InChI is InChI=1S/C31H38N6O4S/c1-37-30(34-35-36-37)42-18-26-13-27(23-7-5-19(17-38)6-8-23)41-28(40-26)24-3-2-4-25(12-24)32-29(39)33-31-14-20-9-21(15-31)11-22(10-20)16-31/h2-8,12,20-22,26-28,38H,9-11,13-18H2,1H3,(H2,32,33,39). The van der Waals surface area contributed by atoms with Crippen molar-refractivity contribution in [1.29, 1.82) is 0 Å². The van der Waals surface area contributed by atoms with E-state index in [9.17, 15) is 9.90 Å². The van der Waals surface area contributed by atoms with Crippen LogP contribution in [0.15, 0.2) is 53.7 Å². The molecule has 3 N–H and O–H groups in total. The van der Waals surface area contributed by atoms with Crippen molar-refractivity contribution in [1.82, 2.24) is 25.5 Å². The van der Waals surface area contributed by atoms with Gasteiger partial charge in [-0.25, -0.2) is 9.48 Å². The zero-order valence-electron chi connectivity index (χ0n) is 23.8. The van der Waals surface area contributed by atoms with E-state index in [-0.39, 0.29) is 30.4 Å². The third kappa shape index (κ3) is 5.92. The van der Waals surface area contributed by atoms with Crippen molar-refractivity contribution in [2.45, 2.75) is 80.7 Å². The van der Waals surface area contributed by atoms with Crippen LogP contribution in [-0.4, -0.2) is 48.7 Å². The number of carbonyl (C=O) groups is 1. The fourth-order valence-electron chi connectivity index (χ4n) is 7.96. The summed E-state index contributed by atoms with van der Waals surface area (Å²) < 4.78 is 14.6. The molecular weight excluding hydrogens is 552 g/mol. The van der Waals surface area contributed by atoms with E-state index in [1.807, 2.05) is 55.6 Å². The SMILES string of the molecule is Cn1nnnc1SCC1CC(c2ccc(CO)cc2)OC(c2cccc(NC(=O)NC34CC5CC(CC(C5)C3)C4)c2)O1. The van der Waals surface area contributed by atoms with Gasteiger partial charge in [-0.05, 0) is 90.0 Å². The number of ether oxygens (including phenoxy) is 2. The molecule has 4 bridgehead atoms. The van der Waals surface area contributed by atoms with E-state index in [4.69, 9.17) is 9.47 Å². The molecule has 1 aliphatic heterocycles. The molecule has 8 rings (SSSR count). The molecule has 2 heterocycles. The Hall–Kier alpha value is -2.99. The van der Waals surface area contributed by atoms with Crippen LogP contribution >= 0.6 is 11.8 Å². The topological polar surface area (TPSA) is 123 Å². The van der Waals surface area contributed by atoms with Crippen LogP contribution in [0, 0.1) is 17.8 Å². The molecule has 1 saturated heterocycles. The average molecular weight is 591 g/mol. The monoisotopic (exact) mass is 590 g/mol. The van der Waals surface area contributed by atoms with Gasteiger partial charge in [0, 0.05) is 36.0 Å². The molecule has 4 saturated carbocycles. The third-order valence-corrected chi connectivity index (χ3v) is 10.6. The van der Waals surface area contributed by atoms with E-state index in [0.717, 1.165) is 58.9 Å². The largest absolute Gasteiger partial charge is 0.392 e. The molecule has 3 unspecified atom stereocenters. The maximum atomic E-state index is 13.2. The van der Waals surface area contributed by atoms with E-state index >= 15 is 0 Å². The van der Waals surface area contributed by atoms with Crippen molar-refractivity contribution in [3.05, 3.63) is 65.2 Å². The number of nitrogens with zero attached hydrogens (tertiary/aromatic N) is 4. The van der Waals surface area contributed by atoms with Crippen LogP contribution in [0.25, 0.3) is 0 Å². The molecule has 5 fully saturated rings. The Morgan fingerprint density at radius 1 is 1.02 bits per heavy atom. The van der Waals surface area contributed by atoms with Crippen LogP contribution in [0.2, 0.25) is 0 Å². The molecule has 2 amide bonds. The van der Waals surface area contributed by atoms with Gasteiger partial charge in [0.05, 0.1) is 18.8 Å². The summed E-state index contributed by atoms with van der Waals surface area (Å²) in [6.45, 7) is -0.00122. The molecule has 11 heteroatoms. The van der Waals surface area contributed by atoms with Crippen molar-refractivity contribution in [3.63, 3.8) is 0 Å². The molecule has 1 aromatic heterocycles. The Labute approximate surface area is 249 Å². The Morgan fingerprint density at radius 2 is 1.76 bits per heavy atom. The number of aryl methyl sites for hydroxylation is 1. The fourth-order valence-corrected chi connectivity index (χ4v) is 8.83. The first-order valence-corrected chi connectivity index (χ1v) is 16.0. The number of aromatic nitrogens is 4. The lowest BCUT2D eigenvalue weighted by Gasteiger charge is -2.56. The lowest BCUT2D eigenvalue weighted by atomic mass is 9.53. The number of aliphatic hydroxyl groups excluding tert-OH is 1. The van der Waals surface area contributed by atoms with Crippen LogP contribution in [0.5, 0.6) is 0 Å². The predicted octanol–water partition coefficient (Wildman–Crippen LogP) is 5.13. The lowest BCUT2D eigenvalue weighted by molar-refractivity contribution is -0.245. The summed E-state index contributed by atoms with van der Waals surface area (Å²) in [6.07, 6.45) is 7.09. The number of aliphatic hydroxyl groups is 1. The second-order valence-electron chi connectivity index (χ2n) is 12.6. The summed E-state index contributed by atoms with van der Waals surface area (Å²) in [6, 6.07) is 15.5. The normalized spacial score (nSPS) is 31.7. The van der Waals surface area contributed by atoms with Gasteiger partial charge in [-0.3, -0.25) is 0 Å². The van der Waals surface area contributed by atoms with Gasteiger partial charge in [-0.15, -0.1) is 5.10 Å². The molecular formula is C31H38N6O4S. The smallest absolute Gasteiger partial charge is 0.319 e. The van der Waals surface area contributed by atoms with Crippen LogP contribution in [-0.2, 0) is 23.1 Å². The Balaban J connectivity index is 1.06. The van der Waals surface area contributed by atoms with E-state index in [1.165, 1.54) is 19.3 Å². The quantitative estimate of drug-likeness (QED) is 0.309. The van der Waals surface area contributed by atoms with Gasteiger partial charge in [-0.1, -0.05) is 48.2 Å². The summed E-state index contributed by atoms with van der Waals surface area (Å²) in [5.74, 6) is 2.96. The highest BCUT2D eigenvalue weighted by molar-refractivity contribution is 7.99. The highest BCUT2D eigenvalue weighted by atomic mass is 32.2. The number of tetrazole rings is 1. The number of nitrogens with one attached hydrogen (secondary N) is 2. The minimum atomic E-state index is -0.613. The fraction of sp³-hybridized carbons (Fsp3) is 0.548. The maximum absolute atomic E-state index is 13.2. The van der Waals surface area contributed by atoms with Gasteiger partial charge in [0.15, 0.2) is 6.29 Å². The van der Waals surface area contributed by atoms with Crippen LogP contribution in [0.4, 0.5) is 10.5 Å². The highest BCUT2D eigenvalue weighted by Gasteiger charge is 2.51. The van der Waals surface area contributed by atoms with Crippen LogP contribution in [0.3, 0.4) is 0 Å². The zero-order valence-corrected chi connectivity index (χ0v) is 24.6. The first kappa shape index (κ1) is 27.8. The number of anilines is 1.